The number of ether oxygens (including phenoxy) is 2. The molecule has 4 aromatic carbocycles. The maximum Gasteiger partial charge on any atom is 0.264 e. The summed E-state index contributed by atoms with van der Waals surface area (Å²) in [5.74, 6) is -4.25. The molecule has 380 valence electrons. The summed E-state index contributed by atoms with van der Waals surface area (Å²) in [5, 5.41) is 9.49. The largest absolute Gasteiger partial charge is 0.484 e. The Morgan fingerprint density at radius 2 is 0.765 bits per heavy atom. The first-order valence-corrected chi connectivity index (χ1v) is 29.8. The van der Waals surface area contributed by atoms with Crippen LogP contribution in [0.4, 0.5) is 17.6 Å². The van der Waals surface area contributed by atoms with Gasteiger partial charge in [0.2, 0.25) is 0 Å². The van der Waals surface area contributed by atoms with Crippen LogP contribution in [0.5, 0.6) is 11.5 Å². The van der Waals surface area contributed by atoms with Crippen molar-refractivity contribution in [1.29, 1.82) is 0 Å². The molecule has 0 heterocycles. The van der Waals surface area contributed by atoms with Crippen LogP contribution in [0.25, 0.3) is 22.3 Å². The van der Waals surface area contributed by atoms with Gasteiger partial charge in [-0.2, -0.15) is 8.42 Å². The molecule has 0 amide bonds. The predicted molar refractivity (Wildman–Crippen MR) is 256 cm³/mol. The quantitative estimate of drug-likeness (QED) is 0.0994. The normalized spacial score (nSPS) is 18.7. The van der Waals surface area contributed by atoms with E-state index in [4.69, 9.17) is 13.7 Å². The summed E-state index contributed by atoms with van der Waals surface area (Å²) in [5.41, 5.74) is 1.52. The van der Waals surface area contributed by atoms with E-state index in [1.807, 2.05) is 0 Å². The van der Waals surface area contributed by atoms with Crippen molar-refractivity contribution >= 4 is 39.6 Å². The Bertz CT molecular complexity index is 2640. The first-order valence-electron chi connectivity index (χ1n) is 21.9. The van der Waals surface area contributed by atoms with E-state index in [1.165, 1.54) is 80.3 Å². The Kier molecular flexibility index (Phi) is 22.0. The van der Waals surface area contributed by atoms with Crippen LogP contribution < -0.4 is 9.47 Å². The van der Waals surface area contributed by atoms with E-state index in [1.54, 1.807) is 0 Å². The lowest BCUT2D eigenvalue weighted by Crippen LogP contribution is -2.30. The van der Waals surface area contributed by atoms with Crippen molar-refractivity contribution in [3.8, 4) is 33.8 Å². The molecule has 0 aliphatic heterocycles. The zero-order valence-electron chi connectivity index (χ0n) is 39.5. The number of sulfone groups is 3. The summed E-state index contributed by atoms with van der Waals surface area (Å²) < 4.78 is 162. The number of nitrogens with zero attached hydrogens (tertiary/aromatic N) is 1. The summed E-state index contributed by atoms with van der Waals surface area (Å²) in [6.07, 6.45) is 7.73. The van der Waals surface area contributed by atoms with E-state index in [9.17, 15) is 56.3 Å². The molecule has 0 unspecified atom stereocenters. The molecule has 2 aliphatic rings. The van der Waals surface area contributed by atoms with Crippen molar-refractivity contribution in [2.45, 2.75) is 106 Å². The lowest BCUT2D eigenvalue weighted by Gasteiger charge is -2.28. The second-order valence-electron chi connectivity index (χ2n) is 16.8. The van der Waals surface area contributed by atoms with Gasteiger partial charge in [0.15, 0.2) is 54.4 Å². The van der Waals surface area contributed by atoms with Gasteiger partial charge in [-0.1, -0.05) is 45.0 Å². The molecule has 2 saturated carbocycles. The third-order valence-corrected chi connectivity index (χ3v) is 13.6. The molecule has 2 aliphatic carbocycles. The topological polar surface area (TPSA) is 188 Å². The van der Waals surface area contributed by atoms with Gasteiger partial charge in [-0.15, -0.1) is 0 Å². The van der Waals surface area contributed by atoms with Crippen LogP contribution in [-0.4, -0.2) is 119 Å². The summed E-state index contributed by atoms with van der Waals surface area (Å²) in [4.78, 5) is 2.63. The Hall–Kier alpha value is -4.12. The lowest BCUT2D eigenvalue weighted by atomic mass is 9.95. The Labute approximate surface area is 399 Å². The van der Waals surface area contributed by atoms with Gasteiger partial charge in [0.1, 0.15) is 9.84 Å². The molecule has 0 aromatic heterocycles. The average molecular weight is 1040 g/mol. The zero-order chi connectivity index (χ0) is 51.2. The van der Waals surface area contributed by atoms with Crippen molar-refractivity contribution in [3.63, 3.8) is 0 Å². The van der Waals surface area contributed by atoms with E-state index < -0.39 is 86.6 Å². The van der Waals surface area contributed by atoms with Crippen LogP contribution in [0, 0.1) is 23.3 Å². The fourth-order valence-corrected chi connectivity index (χ4v) is 9.08. The molecule has 13 nitrogen and oxygen atoms in total. The fraction of sp³-hybridized carbons (Fsp3) is 0.489. The highest BCUT2D eigenvalue weighted by molar-refractivity contribution is 7.91. The van der Waals surface area contributed by atoms with Crippen LogP contribution in [0.15, 0.2) is 82.6 Å². The first-order chi connectivity index (χ1) is 31.5. The highest BCUT2D eigenvalue weighted by atomic mass is 32.2. The van der Waals surface area contributed by atoms with Crippen LogP contribution in [0.1, 0.15) is 72.1 Å². The van der Waals surface area contributed by atoms with Crippen molar-refractivity contribution in [1.82, 2.24) is 4.90 Å². The van der Waals surface area contributed by atoms with Gasteiger partial charge in [0, 0.05) is 25.0 Å². The maximum atomic E-state index is 14.6. The highest BCUT2D eigenvalue weighted by Gasteiger charge is 2.28. The standard InChI is InChI=1S/C20H22F2O6S2.C19H20F2O4S.C6H15N.C2H6O2S/c1-29(23,24)17-9-3-13(4-10-17)14-11-18(21)20(19(22)12-14)27-15-5-7-16(8-6-15)28-30(2,25)26;1-26(23,24)16-8-2-12(3-9-16)13-10-17(20)19(18(21)11-13)25-15-6-4-14(22)5-7-15;1-4-7(5-2)6-3;1-5(2,3)4/h3-4,9-12,15-16H,5-8H2,1-2H3;2-3,8-11,14-15,22H,4-7H2,1H3;4-6H2,1-3H3;1-2H3. The fourth-order valence-electron chi connectivity index (χ4n) is 7.13. The molecule has 6 rings (SSSR count). The molecule has 0 saturated heterocycles. The van der Waals surface area contributed by atoms with Crippen molar-refractivity contribution in [2.24, 2.45) is 0 Å². The van der Waals surface area contributed by atoms with E-state index >= 15 is 0 Å². The smallest absolute Gasteiger partial charge is 0.264 e. The predicted octanol–water partition coefficient (Wildman–Crippen LogP) is 8.43. The maximum absolute atomic E-state index is 14.6. The zero-order valence-corrected chi connectivity index (χ0v) is 42.8. The van der Waals surface area contributed by atoms with Crippen LogP contribution >= 0.6 is 0 Å². The number of benzene rings is 4. The van der Waals surface area contributed by atoms with Crippen molar-refractivity contribution in [3.05, 3.63) is 96.1 Å². The number of aliphatic hydroxyl groups excluding tert-OH is 1. The van der Waals surface area contributed by atoms with E-state index in [0.717, 1.165) is 43.4 Å². The van der Waals surface area contributed by atoms with Gasteiger partial charge in [0.05, 0.1) is 40.5 Å². The Morgan fingerprint density at radius 1 is 0.485 bits per heavy atom. The molecule has 0 spiro atoms. The molecular formula is C47H63F4NO12S4. The summed E-state index contributed by atoms with van der Waals surface area (Å²) in [7, 11) is -12.9. The minimum absolute atomic E-state index is 0.114. The third-order valence-electron chi connectivity index (χ3n) is 10.7. The number of halogens is 4. The molecule has 68 heavy (non-hydrogen) atoms. The van der Waals surface area contributed by atoms with Crippen LogP contribution in [-0.2, 0) is 43.8 Å². The minimum atomic E-state index is -3.55. The lowest BCUT2D eigenvalue weighted by molar-refractivity contribution is 0.0626. The van der Waals surface area contributed by atoms with Crippen molar-refractivity contribution < 1.29 is 70.0 Å². The number of hydrogen-bond acceptors (Lipinski definition) is 13. The van der Waals surface area contributed by atoms with E-state index in [0.29, 0.717) is 68.1 Å². The second kappa shape index (κ2) is 25.7. The van der Waals surface area contributed by atoms with E-state index in [-0.39, 0.29) is 27.6 Å². The average Bonchev–Trinajstić information content (AvgIpc) is 3.24. The SMILES string of the molecule is CCN(CC)CC.CS(=O)(=O)OC1CCC(Oc2c(F)cc(-c3ccc(S(C)(=O)=O)cc3)cc2F)CC1.CS(=O)(=O)c1ccc(-c2cc(F)c(OC3CCC(O)CC3)c(F)c2)cc1.CS(C)(=O)=O. The monoisotopic (exact) mass is 1040 g/mol. The second-order valence-corrected chi connectivity index (χ2v) is 24.7. The Balaban J connectivity index is 0.000000292. The molecule has 1 N–H and O–H groups in total. The molecule has 2 fully saturated rings. The molecule has 21 heteroatoms. The van der Waals surface area contributed by atoms with Crippen molar-refractivity contribution in [2.75, 3.05) is 50.9 Å². The van der Waals surface area contributed by atoms with Gasteiger partial charge < -0.3 is 19.5 Å². The number of rotatable bonds is 13. The van der Waals surface area contributed by atoms with Gasteiger partial charge in [-0.25, -0.2) is 42.8 Å². The van der Waals surface area contributed by atoms with Crippen LogP contribution in [0.3, 0.4) is 0 Å². The highest BCUT2D eigenvalue weighted by Crippen LogP contribution is 2.34. The molecular weight excluding hydrogens is 975 g/mol. The number of hydrogen-bond donors (Lipinski definition) is 1. The van der Waals surface area contributed by atoms with E-state index in [2.05, 4.69) is 25.7 Å². The summed E-state index contributed by atoms with van der Waals surface area (Å²) in [6.45, 7) is 10.1. The van der Waals surface area contributed by atoms with Gasteiger partial charge in [0.25, 0.3) is 10.1 Å². The summed E-state index contributed by atoms with van der Waals surface area (Å²) >= 11 is 0. The minimum Gasteiger partial charge on any atom is -0.484 e. The molecule has 0 radical (unpaired) electrons. The Morgan fingerprint density at radius 3 is 1.01 bits per heavy atom. The van der Waals surface area contributed by atoms with Gasteiger partial charge in [-0.3, -0.25) is 4.18 Å². The molecule has 4 aromatic rings. The number of aliphatic hydroxyl groups is 1. The van der Waals surface area contributed by atoms with Gasteiger partial charge in [-0.05, 0) is 142 Å². The first kappa shape index (κ1) is 58.2. The molecule has 0 atom stereocenters. The van der Waals surface area contributed by atoms with Gasteiger partial charge >= 0.3 is 0 Å². The van der Waals surface area contributed by atoms with Crippen LogP contribution in [0.2, 0.25) is 0 Å². The third kappa shape index (κ3) is 20.1. The summed E-state index contributed by atoms with van der Waals surface area (Å²) in [6, 6.07) is 16.1. The molecule has 0 bridgehead atoms.